The molecule has 1 unspecified atom stereocenters. The van der Waals surface area contributed by atoms with Crippen molar-refractivity contribution in [2.75, 3.05) is 0 Å². The molecule has 8 heteroatoms. The number of aliphatic carboxylic acids is 1. The summed E-state index contributed by atoms with van der Waals surface area (Å²) in [6.45, 7) is 10.9. The van der Waals surface area contributed by atoms with Crippen molar-refractivity contribution in [1.29, 1.82) is 0 Å². The molecule has 2 rings (SSSR count). The van der Waals surface area contributed by atoms with Crippen LogP contribution in [-0.2, 0) is 14.1 Å². The van der Waals surface area contributed by atoms with E-state index in [1.54, 1.807) is 13.8 Å². The van der Waals surface area contributed by atoms with Gasteiger partial charge in [-0.05, 0) is 47.1 Å². The fourth-order valence-corrected chi connectivity index (χ4v) is 3.04. The molecular weight excluding hydrogens is 313 g/mol. The minimum Gasteiger partial charge on any atom is -0.481 e. The molecule has 1 aliphatic rings. The number of carboxylic acid groups (broad SMARTS) is 2. The number of hydrogen-bond acceptors (Lipinski definition) is 4. The number of carbonyl (C=O) groups is 2. The van der Waals surface area contributed by atoms with Crippen LogP contribution in [0.15, 0.2) is 0 Å². The van der Waals surface area contributed by atoms with E-state index in [-0.39, 0.29) is 12.0 Å². The van der Waals surface area contributed by atoms with Crippen LogP contribution in [0.2, 0.25) is 0 Å². The Bertz CT molecular complexity index is 662. The van der Waals surface area contributed by atoms with Crippen molar-refractivity contribution < 1.29 is 29.1 Å². The third-order valence-electron chi connectivity index (χ3n) is 5.06. The summed E-state index contributed by atoms with van der Waals surface area (Å²) < 4.78 is 12.0. The average molecular weight is 337 g/mol. The second-order valence-electron chi connectivity index (χ2n) is 7.30. The van der Waals surface area contributed by atoms with Crippen LogP contribution in [0.25, 0.3) is 0 Å². The highest BCUT2D eigenvalue weighted by molar-refractivity contribution is 6.48. The Balaban J connectivity index is 2.47. The number of aromatic nitrogens is 1. The summed E-state index contributed by atoms with van der Waals surface area (Å²) in [7, 11) is -0.774. The minimum absolute atomic E-state index is 0.164. The fourth-order valence-electron chi connectivity index (χ4n) is 3.04. The summed E-state index contributed by atoms with van der Waals surface area (Å²) in [5, 5.41) is 18.7. The van der Waals surface area contributed by atoms with Gasteiger partial charge in [0.2, 0.25) is 0 Å². The Labute approximate surface area is 141 Å². The highest BCUT2D eigenvalue weighted by atomic mass is 16.7. The molecule has 0 radical (unpaired) electrons. The van der Waals surface area contributed by atoms with Crippen LogP contribution in [0.1, 0.15) is 67.2 Å². The Morgan fingerprint density at radius 2 is 1.62 bits per heavy atom. The molecule has 24 heavy (non-hydrogen) atoms. The zero-order valence-corrected chi connectivity index (χ0v) is 14.9. The molecule has 0 spiro atoms. The lowest BCUT2D eigenvalue weighted by Gasteiger charge is -2.32. The lowest BCUT2D eigenvalue weighted by molar-refractivity contribution is -0.137. The summed E-state index contributed by atoms with van der Waals surface area (Å²) in [4.78, 5) is 25.8. The number of carboxylic acids is 2. The van der Waals surface area contributed by atoms with E-state index in [1.165, 1.54) is 0 Å². The molecule has 3 N–H and O–H groups in total. The predicted molar refractivity (Wildman–Crippen MR) is 88.3 cm³/mol. The van der Waals surface area contributed by atoms with E-state index in [2.05, 4.69) is 4.98 Å². The van der Waals surface area contributed by atoms with Gasteiger partial charge in [0.25, 0.3) is 0 Å². The third kappa shape index (κ3) is 3.08. The van der Waals surface area contributed by atoms with Crippen molar-refractivity contribution in [3.05, 3.63) is 22.5 Å². The van der Waals surface area contributed by atoms with Crippen molar-refractivity contribution in [3.63, 3.8) is 0 Å². The van der Waals surface area contributed by atoms with Gasteiger partial charge in [-0.15, -0.1) is 0 Å². The summed E-state index contributed by atoms with van der Waals surface area (Å²) in [5.74, 6) is -2.68. The first-order valence-corrected chi connectivity index (χ1v) is 7.87. The van der Waals surface area contributed by atoms with Crippen LogP contribution < -0.4 is 0 Å². The molecule has 1 fully saturated rings. The molecule has 1 saturated heterocycles. The summed E-state index contributed by atoms with van der Waals surface area (Å²) in [6.07, 6.45) is -0.226. The van der Waals surface area contributed by atoms with Gasteiger partial charge in [0.15, 0.2) is 0 Å². The zero-order valence-electron chi connectivity index (χ0n) is 14.9. The van der Waals surface area contributed by atoms with Crippen molar-refractivity contribution in [2.45, 2.75) is 65.0 Å². The largest absolute Gasteiger partial charge is 0.481 e. The molecule has 0 aliphatic carbocycles. The molecule has 0 saturated carbocycles. The van der Waals surface area contributed by atoms with Gasteiger partial charge < -0.3 is 24.5 Å². The maximum atomic E-state index is 11.4. The molecular formula is C16H24BNO6. The van der Waals surface area contributed by atoms with Crippen LogP contribution >= 0.6 is 0 Å². The number of rotatable bonds is 5. The molecule has 0 bridgehead atoms. The van der Waals surface area contributed by atoms with Gasteiger partial charge in [0, 0.05) is 17.2 Å². The van der Waals surface area contributed by atoms with Gasteiger partial charge in [-0.3, -0.25) is 4.79 Å². The lowest BCUT2D eigenvalue weighted by Crippen LogP contribution is -2.41. The molecule has 1 aromatic rings. The molecule has 1 atom stereocenters. The van der Waals surface area contributed by atoms with E-state index in [4.69, 9.17) is 9.31 Å². The highest BCUT2D eigenvalue weighted by Crippen LogP contribution is 2.42. The van der Waals surface area contributed by atoms with Crippen molar-refractivity contribution >= 4 is 19.1 Å². The van der Waals surface area contributed by atoms with Crippen LogP contribution in [0.4, 0.5) is 0 Å². The Hall–Kier alpha value is -1.80. The number of hydrogen-bond donors (Lipinski definition) is 3. The average Bonchev–Trinajstić information content (AvgIpc) is 2.80. The number of nitrogens with one attached hydrogen (secondary N) is 1. The number of aromatic amines is 1. The van der Waals surface area contributed by atoms with Gasteiger partial charge in [0.05, 0.1) is 23.2 Å². The number of aryl methyl sites for hydroxylation is 1. The van der Waals surface area contributed by atoms with E-state index in [1.807, 2.05) is 27.7 Å². The van der Waals surface area contributed by atoms with Gasteiger partial charge >= 0.3 is 19.1 Å². The standard InChI is InChI=1S/C16H24BNO6/c1-8-12(14(21)22)9(2)18-13(8)10(7-11(19)20)17-23-15(3,4)16(5,6)24-17/h10,18H,7H2,1-6H3,(H,19,20)(H,21,22). The van der Waals surface area contributed by atoms with Crippen LogP contribution in [-0.4, -0.2) is 45.5 Å². The predicted octanol–water partition coefficient (Wildman–Crippen LogP) is 2.52. The molecule has 132 valence electrons. The van der Waals surface area contributed by atoms with Crippen LogP contribution in [0.5, 0.6) is 0 Å². The SMILES string of the molecule is Cc1[nH]c(C(CC(=O)O)B2OC(C)(C)C(C)(C)O2)c(C)c1C(=O)O. The quantitative estimate of drug-likeness (QED) is 0.713. The van der Waals surface area contributed by atoms with E-state index in [9.17, 15) is 19.8 Å². The van der Waals surface area contributed by atoms with Gasteiger partial charge in [-0.1, -0.05) is 0 Å². The van der Waals surface area contributed by atoms with Gasteiger partial charge in [0.1, 0.15) is 0 Å². The molecule has 0 aromatic carbocycles. The Morgan fingerprint density at radius 1 is 1.12 bits per heavy atom. The van der Waals surface area contributed by atoms with E-state index >= 15 is 0 Å². The van der Waals surface area contributed by atoms with Gasteiger partial charge in [-0.25, -0.2) is 4.79 Å². The molecule has 7 nitrogen and oxygen atoms in total. The van der Waals surface area contributed by atoms with Crippen molar-refractivity contribution in [2.24, 2.45) is 0 Å². The Morgan fingerprint density at radius 3 is 2.00 bits per heavy atom. The minimum atomic E-state index is -1.05. The first-order valence-electron chi connectivity index (χ1n) is 7.87. The first-order chi connectivity index (χ1) is 10.9. The maximum Gasteiger partial charge on any atom is 0.467 e. The highest BCUT2D eigenvalue weighted by Gasteiger charge is 2.55. The van der Waals surface area contributed by atoms with Crippen LogP contribution in [0.3, 0.4) is 0 Å². The second-order valence-corrected chi connectivity index (χ2v) is 7.30. The summed E-state index contributed by atoms with van der Waals surface area (Å²) in [6, 6.07) is 0. The normalized spacial score (nSPS) is 20.2. The van der Waals surface area contributed by atoms with Crippen molar-refractivity contribution in [3.8, 4) is 0 Å². The number of aromatic carboxylic acids is 1. The first kappa shape index (κ1) is 18.5. The monoisotopic (exact) mass is 337 g/mol. The maximum absolute atomic E-state index is 11.4. The topological polar surface area (TPSA) is 109 Å². The Kier molecular flexibility index (Phi) is 4.58. The molecule has 1 aromatic heterocycles. The number of H-pyrrole nitrogens is 1. The molecule has 1 aliphatic heterocycles. The van der Waals surface area contributed by atoms with E-state index < -0.39 is 36.1 Å². The molecule has 0 amide bonds. The fraction of sp³-hybridized carbons (Fsp3) is 0.625. The van der Waals surface area contributed by atoms with Gasteiger partial charge in [-0.2, -0.15) is 0 Å². The summed E-state index contributed by atoms with van der Waals surface area (Å²) in [5.41, 5.74) is 0.504. The van der Waals surface area contributed by atoms with E-state index in [0.29, 0.717) is 17.0 Å². The zero-order chi connectivity index (χ0) is 18.4. The third-order valence-corrected chi connectivity index (χ3v) is 5.06. The smallest absolute Gasteiger partial charge is 0.467 e. The summed E-state index contributed by atoms with van der Waals surface area (Å²) >= 11 is 0. The van der Waals surface area contributed by atoms with E-state index in [0.717, 1.165) is 0 Å². The van der Waals surface area contributed by atoms with Crippen LogP contribution in [0, 0.1) is 13.8 Å². The van der Waals surface area contributed by atoms with Crippen molar-refractivity contribution in [1.82, 2.24) is 4.98 Å². The second kappa shape index (κ2) is 5.93. The lowest BCUT2D eigenvalue weighted by atomic mass is 9.67. The molecule has 2 heterocycles.